The summed E-state index contributed by atoms with van der Waals surface area (Å²) in [5.74, 6) is 0. The summed E-state index contributed by atoms with van der Waals surface area (Å²) in [7, 11) is -3.52. The Hall–Kier alpha value is -1.38. The highest BCUT2D eigenvalue weighted by Gasteiger charge is 2.20. The highest BCUT2D eigenvalue weighted by Crippen LogP contribution is 2.23. The van der Waals surface area contributed by atoms with Crippen molar-refractivity contribution in [3.8, 4) is 0 Å². The first-order valence-corrected chi connectivity index (χ1v) is 7.20. The maximum atomic E-state index is 12.0. The smallest absolute Gasteiger partial charge is 0.250 e. The maximum absolute atomic E-state index is 12.0. The van der Waals surface area contributed by atoms with Crippen LogP contribution in [0.1, 0.15) is 18.5 Å². The van der Waals surface area contributed by atoms with E-state index in [0.717, 1.165) is 16.9 Å². The molecule has 2 aromatic rings. The molecule has 0 bridgehead atoms. The molecule has 92 valence electrons. The van der Waals surface area contributed by atoms with E-state index in [1.807, 2.05) is 0 Å². The standard InChI is InChI=1S/C9H12N4O2S2/c1-6(7-3-11-12-4-7)13-17(14,15)9-2-8(10)5-16-9/h2-6,13H,10H2,1H3,(H,11,12). The van der Waals surface area contributed by atoms with Crippen molar-refractivity contribution in [1.29, 1.82) is 0 Å². The van der Waals surface area contributed by atoms with Gasteiger partial charge in [0, 0.05) is 28.9 Å². The number of hydrogen-bond donors (Lipinski definition) is 3. The highest BCUT2D eigenvalue weighted by atomic mass is 32.2. The Morgan fingerprint density at radius 3 is 2.88 bits per heavy atom. The zero-order valence-corrected chi connectivity index (χ0v) is 10.7. The fraction of sp³-hybridized carbons (Fsp3) is 0.222. The van der Waals surface area contributed by atoms with Gasteiger partial charge in [-0.05, 0) is 13.0 Å². The summed E-state index contributed by atoms with van der Waals surface area (Å²) in [5, 5.41) is 8.01. The van der Waals surface area contributed by atoms with Crippen LogP contribution in [0, 0.1) is 0 Å². The third kappa shape index (κ3) is 2.65. The normalized spacial score (nSPS) is 13.7. The van der Waals surface area contributed by atoms with Crippen LogP contribution in [0.3, 0.4) is 0 Å². The summed E-state index contributed by atoms with van der Waals surface area (Å²) in [6.07, 6.45) is 3.23. The van der Waals surface area contributed by atoms with Crippen LogP contribution in [0.2, 0.25) is 0 Å². The first-order chi connectivity index (χ1) is 7.99. The lowest BCUT2D eigenvalue weighted by Crippen LogP contribution is -2.25. The van der Waals surface area contributed by atoms with Crippen molar-refractivity contribution in [2.75, 3.05) is 5.73 Å². The zero-order chi connectivity index (χ0) is 12.5. The van der Waals surface area contributed by atoms with Crippen molar-refractivity contribution >= 4 is 27.0 Å². The predicted octanol–water partition coefficient (Wildman–Crippen LogP) is 1.09. The van der Waals surface area contributed by atoms with Crippen molar-refractivity contribution in [2.24, 2.45) is 0 Å². The molecule has 1 atom stereocenters. The van der Waals surface area contributed by atoms with Gasteiger partial charge in [-0.1, -0.05) is 0 Å². The van der Waals surface area contributed by atoms with Crippen molar-refractivity contribution in [3.05, 3.63) is 29.4 Å². The van der Waals surface area contributed by atoms with Gasteiger partial charge in [0.15, 0.2) is 0 Å². The summed E-state index contributed by atoms with van der Waals surface area (Å²) >= 11 is 1.10. The maximum Gasteiger partial charge on any atom is 0.250 e. The molecule has 2 heterocycles. The average molecular weight is 272 g/mol. The summed E-state index contributed by atoms with van der Waals surface area (Å²) in [6, 6.07) is 1.09. The number of hydrogen-bond acceptors (Lipinski definition) is 5. The van der Waals surface area contributed by atoms with Crippen LogP contribution in [0.15, 0.2) is 28.0 Å². The second-order valence-electron chi connectivity index (χ2n) is 3.57. The molecule has 0 fully saturated rings. The van der Waals surface area contributed by atoms with E-state index in [2.05, 4.69) is 14.9 Å². The third-order valence-corrected chi connectivity index (χ3v) is 5.21. The predicted molar refractivity (Wildman–Crippen MR) is 66.1 cm³/mol. The van der Waals surface area contributed by atoms with Crippen LogP contribution < -0.4 is 10.5 Å². The van der Waals surface area contributed by atoms with E-state index in [1.165, 1.54) is 6.07 Å². The monoisotopic (exact) mass is 272 g/mol. The van der Waals surface area contributed by atoms with Crippen LogP contribution in [0.4, 0.5) is 5.69 Å². The van der Waals surface area contributed by atoms with E-state index in [9.17, 15) is 8.42 Å². The van der Waals surface area contributed by atoms with Crippen molar-refractivity contribution in [1.82, 2.24) is 14.9 Å². The number of thiophene rings is 1. The van der Waals surface area contributed by atoms with Crippen LogP contribution >= 0.6 is 11.3 Å². The Bertz CT molecular complexity index is 588. The Morgan fingerprint density at radius 2 is 2.35 bits per heavy atom. The molecule has 2 aromatic heterocycles. The van der Waals surface area contributed by atoms with Gasteiger partial charge in [0.2, 0.25) is 0 Å². The second-order valence-corrected chi connectivity index (χ2v) is 6.43. The largest absolute Gasteiger partial charge is 0.398 e. The minimum Gasteiger partial charge on any atom is -0.398 e. The number of aromatic nitrogens is 2. The lowest BCUT2D eigenvalue weighted by molar-refractivity contribution is 0.569. The van der Waals surface area contributed by atoms with Crippen LogP contribution in [-0.2, 0) is 10.0 Å². The zero-order valence-electron chi connectivity index (χ0n) is 9.04. The Balaban J connectivity index is 2.18. The SMILES string of the molecule is CC(NS(=O)(=O)c1cc(N)cs1)c1cn[nH]c1. The first kappa shape index (κ1) is 12.1. The minimum atomic E-state index is -3.52. The molecule has 2 rings (SSSR count). The van der Waals surface area contributed by atoms with Gasteiger partial charge in [-0.25, -0.2) is 13.1 Å². The van der Waals surface area contributed by atoms with Crippen LogP contribution in [0.5, 0.6) is 0 Å². The number of nitrogens with zero attached hydrogens (tertiary/aromatic N) is 1. The van der Waals surface area contributed by atoms with Crippen LogP contribution in [0.25, 0.3) is 0 Å². The van der Waals surface area contributed by atoms with Crippen molar-refractivity contribution in [3.63, 3.8) is 0 Å². The first-order valence-electron chi connectivity index (χ1n) is 4.84. The van der Waals surface area contributed by atoms with E-state index in [-0.39, 0.29) is 10.3 Å². The van der Waals surface area contributed by atoms with E-state index < -0.39 is 10.0 Å². The molecule has 0 aliphatic heterocycles. The molecule has 8 heteroatoms. The van der Waals surface area contributed by atoms with Gasteiger partial charge in [0.25, 0.3) is 10.0 Å². The molecule has 6 nitrogen and oxygen atoms in total. The van der Waals surface area contributed by atoms with Gasteiger partial charge >= 0.3 is 0 Å². The number of rotatable bonds is 4. The third-order valence-electron chi connectivity index (χ3n) is 2.21. The van der Waals surface area contributed by atoms with Gasteiger partial charge in [-0.3, -0.25) is 5.10 Å². The highest BCUT2D eigenvalue weighted by molar-refractivity contribution is 7.91. The van der Waals surface area contributed by atoms with Gasteiger partial charge in [-0.2, -0.15) is 5.10 Å². The van der Waals surface area contributed by atoms with Crippen molar-refractivity contribution < 1.29 is 8.42 Å². The molecule has 4 N–H and O–H groups in total. The molecule has 0 amide bonds. The summed E-state index contributed by atoms with van der Waals surface area (Å²) < 4.78 is 26.7. The molecular formula is C9H12N4O2S2. The van der Waals surface area contributed by atoms with E-state index in [4.69, 9.17) is 5.73 Å². The lowest BCUT2D eigenvalue weighted by atomic mass is 10.2. The van der Waals surface area contributed by atoms with Gasteiger partial charge < -0.3 is 5.73 Å². The molecular weight excluding hydrogens is 260 g/mol. The molecule has 17 heavy (non-hydrogen) atoms. The lowest BCUT2D eigenvalue weighted by Gasteiger charge is -2.10. The van der Waals surface area contributed by atoms with Gasteiger partial charge in [-0.15, -0.1) is 11.3 Å². The average Bonchev–Trinajstić information content (AvgIpc) is 2.86. The molecule has 0 aliphatic rings. The molecule has 0 spiro atoms. The molecule has 0 radical (unpaired) electrons. The number of sulfonamides is 1. The molecule has 0 aromatic carbocycles. The molecule has 0 aliphatic carbocycles. The number of nitrogen functional groups attached to an aromatic ring is 1. The number of nitrogens with two attached hydrogens (primary N) is 1. The fourth-order valence-electron chi connectivity index (χ4n) is 1.33. The Kier molecular flexibility index (Phi) is 3.18. The van der Waals surface area contributed by atoms with E-state index in [0.29, 0.717) is 5.69 Å². The summed E-state index contributed by atoms with van der Waals surface area (Å²) in [6.45, 7) is 1.75. The van der Waals surface area contributed by atoms with Crippen molar-refractivity contribution in [2.45, 2.75) is 17.2 Å². The van der Waals surface area contributed by atoms with E-state index >= 15 is 0 Å². The van der Waals surface area contributed by atoms with Gasteiger partial charge in [0.1, 0.15) is 4.21 Å². The summed E-state index contributed by atoms with van der Waals surface area (Å²) in [5.41, 5.74) is 6.73. The molecule has 0 saturated heterocycles. The number of H-pyrrole nitrogens is 1. The van der Waals surface area contributed by atoms with E-state index in [1.54, 1.807) is 24.7 Å². The quantitative estimate of drug-likeness (QED) is 0.775. The fourth-order valence-corrected chi connectivity index (χ4v) is 3.66. The Morgan fingerprint density at radius 1 is 1.59 bits per heavy atom. The van der Waals surface area contributed by atoms with Crippen LogP contribution in [-0.4, -0.2) is 18.6 Å². The molecule has 0 saturated carbocycles. The number of nitrogens with one attached hydrogen (secondary N) is 2. The minimum absolute atomic E-state index is 0.213. The number of aromatic amines is 1. The second kappa shape index (κ2) is 4.47. The number of anilines is 1. The van der Waals surface area contributed by atoms with Gasteiger partial charge in [0.05, 0.1) is 6.20 Å². The molecule has 1 unspecified atom stereocenters. The summed E-state index contributed by atoms with van der Waals surface area (Å²) in [4.78, 5) is 0. The Labute approximate surface area is 103 Å². The topological polar surface area (TPSA) is 101 Å².